The first-order valence-corrected chi connectivity index (χ1v) is 16.6. The number of carbonyl (C=O) groups excluding carboxylic acids is 1. The summed E-state index contributed by atoms with van der Waals surface area (Å²) in [4.78, 5) is 13.0. The van der Waals surface area contributed by atoms with Crippen LogP contribution in [0.3, 0.4) is 0 Å². The van der Waals surface area contributed by atoms with Crippen molar-refractivity contribution in [2.75, 3.05) is 0 Å². The van der Waals surface area contributed by atoms with E-state index in [4.69, 9.17) is 8.37 Å². The second kappa shape index (κ2) is 10.3. The quantitative estimate of drug-likeness (QED) is 0.229. The molecule has 0 saturated heterocycles. The highest BCUT2D eigenvalue weighted by Gasteiger charge is 2.68. The summed E-state index contributed by atoms with van der Waals surface area (Å²) in [6, 6.07) is 25.9. The van der Waals surface area contributed by atoms with E-state index in [0.29, 0.717) is 33.9 Å². The minimum absolute atomic E-state index is 0.0294. The molecule has 5 nitrogen and oxygen atoms in total. The average molecular weight is 587 g/mol. The van der Waals surface area contributed by atoms with Crippen LogP contribution in [0.25, 0.3) is 0 Å². The molecule has 7 rings (SSSR count). The van der Waals surface area contributed by atoms with Crippen molar-refractivity contribution in [3.8, 4) is 0 Å². The molecule has 0 spiro atoms. The summed E-state index contributed by atoms with van der Waals surface area (Å²) in [6.45, 7) is -0.0294. The van der Waals surface area contributed by atoms with Gasteiger partial charge in [0.1, 0.15) is 0 Å². The maximum atomic E-state index is 16.7. The number of halogens is 2. The van der Waals surface area contributed by atoms with Crippen molar-refractivity contribution in [2.24, 2.45) is 23.2 Å². The summed E-state index contributed by atoms with van der Waals surface area (Å²) in [6.07, 6.45) is 2.04. The highest BCUT2D eigenvalue weighted by atomic mass is 32.3. The lowest BCUT2D eigenvalue weighted by Gasteiger charge is -2.59. The minimum atomic E-state index is -5.66. The van der Waals surface area contributed by atoms with E-state index in [-0.39, 0.29) is 24.2 Å². The number of alkyl halides is 2. The Morgan fingerprint density at radius 3 is 1.45 bits per heavy atom. The van der Waals surface area contributed by atoms with Crippen molar-refractivity contribution in [2.45, 2.75) is 64.6 Å². The smallest absolute Gasteiger partial charge is 0.407 e. The Labute approximate surface area is 235 Å². The summed E-state index contributed by atoms with van der Waals surface area (Å²) in [5.41, 5.74) is -1.10. The Kier molecular flexibility index (Phi) is 7.04. The van der Waals surface area contributed by atoms with Gasteiger partial charge in [-0.05, 0) is 103 Å². The second-order valence-electron chi connectivity index (χ2n) is 11.5. The van der Waals surface area contributed by atoms with E-state index in [1.165, 1.54) is 0 Å². The predicted molar refractivity (Wildman–Crippen MR) is 148 cm³/mol. The molecule has 4 aliphatic rings. The molecule has 4 aliphatic carbocycles. The lowest BCUT2D eigenvalue weighted by molar-refractivity contribution is -0.197. The largest absolute Gasteiger partial charge is 0.456 e. The third kappa shape index (κ3) is 4.46. The van der Waals surface area contributed by atoms with E-state index in [2.05, 4.69) is 0 Å². The summed E-state index contributed by atoms with van der Waals surface area (Å²) < 4.78 is 72.5. The van der Waals surface area contributed by atoms with Crippen LogP contribution < -0.4 is 0 Å². The topological polar surface area (TPSA) is 69.7 Å². The molecule has 9 heteroatoms. The Morgan fingerprint density at radius 2 is 1.10 bits per heavy atom. The van der Waals surface area contributed by atoms with Crippen LogP contribution in [0.1, 0.15) is 38.5 Å². The van der Waals surface area contributed by atoms with Gasteiger partial charge < -0.3 is 4.74 Å². The molecule has 212 valence electrons. The molecule has 0 heterocycles. The fourth-order valence-corrected chi connectivity index (χ4v) is 13.2. The van der Waals surface area contributed by atoms with E-state index < -0.39 is 37.2 Å². The first-order chi connectivity index (χ1) is 19.2. The van der Waals surface area contributed by atoms with E-state index in [1.807, 2.05) is 0 Å². The van der Waals surface area contributed by atoms with Gasteiger partial charge in [-0.15, -0.1) is 0 Å². The molecule has 0 N–H and O–H groups in total. The molecule has 3 aromatic carbocycles. The molecule has 4 bridgehead atoms. The molecule has 0 amide bonds. The number of carbonyl (C=O) groups is 1. The van der Waals surface area contributed by atoms with Gasteiger partial charge in [-0.25, -0.2) is 3.63 Å². The molecule has 0 radical (unpaired) electrons. The van der Waals surface area contributed by atoms with Gasteiger partial charge in [-0.3, -0.25) is 4.79 Å². The maximum Gasteiger partial charge on any atom is 0.407 e. The summed E-state index contributed by atoms with van der Waals surface area (Å²) >= 11 is 0. The Balaban J connectivity index is 1.49. The molecule has 0 aromatic heterocycles. The van der Waals surface area contributed by atoms with E-state index in [1.54, 1.807) is 91.0 Å². The fourth-order valence-electron chi connectivity index (χ4n) is 7.81. The first kappa shape index (κ1) is 27.4. The van der Waals surface area contributed by atoms with Gasteiger partial charge >= 0.3 is 15.4 Å². The lowest BCUT2D eigenvalue weighted by atomic mass is 9.48. The number of rotatable bonds is 10. The zero-order valence-electron chi connectivity index (χ0n) is 21.9. The van der Waals surface area contributed by atoms with Gasteiger partial charge in [0.25, 0.3) is 6.47 Å². The molecule has 4 fully saturated rings. The van der Waals surface area contributed by atoms with E-state index in [9.17, 15) is 13.2 Å². The van der Waals surface area contributed by atoms with Gasteiger partial charge in [0.05, 0.1) is 0 Å². The van der Waals surface area contributed by atoms with Crippen molar-refractivity contribution in [1.29, 1.82) is 0 Å². The predicted octanol–water partition coefficient (Wildman–Crippen LogP) is 7.58. The zero-order chi connectivity index (χ0) is 28.0. The Bertz CT molecular complexity index is 1320. The van der Waals surface area contributed by atoms with Crippen LogP contribution in [0.15, 0.2) is 106 Å². The SMILES string of the molecule is O=COC(C12CC3CC(CC(C3)C1)C2)C(F)(F)S(=O)(=O)OS(c1ccccc1)(c1ccccc1)c1ccccc1. The van der Waals surface area contributed by atoms with Crippen LogP contribution in [0.2, 0.25) is 0 Å². The molecule has 1 unspecified atom stereocenters. The van der Waals surface area contributed by atoms with Crippen LogP contribution in [0.4, 0.5) is 8.78 Å². The van der Waals surface area contributed by atoms with Crippen LogP contribution in [0, 0.1) is 23.2 Å². The zero-order valence-corrected chi connectivity index (χ0v) is 23.5. The van der Waals surface area contributed by atoms with Crippen LogP contribution in [-0.4, -0.2) is 26.2 Å². The van der Waals surface area contributed by atoms with Crippen molar-refractivity contribution in [3.63, 3.8) is 0 Å². The molecule has 40 heavy (non-hydrogen) atoms. The molecule has 0 aliphatic heterocycles. The maximum absolute atomic E-state index is 16.7. The van der Waals surface area contributed by atoms with E-state index in [0.717, 1.165) is 19.3 Å². The normalized spacial score (nSPS) is 27.2. The van der Waals surface area contributed by atoms with Crippen LogP contribution >= 0.6 is 10.3 Å². The molecule has 4 saturated carbocycles. The fraction of sp³-hybridized carbons (Fsp3) is 0.387. The number of hydrogen-bond donors (Lipinski definition) is 0. The van der Waals surface area contributed by atoms with E-state index >= 15 is 8.78 Å². The number of ether oxygens (including phenoxy) is 1. The standard InChI is InChI=1S/C31H32F2O5S2/c32-31(33,29(37-22-34)30-19-23-16-24(20-30)18-25(17-23)21-30)40(35,36)38-39(26-10-4-1-5-11-26,27-12-6-2-7-13-27)28-14-8-3-9-15-28/h1-15,22-25,29H,16-21H2. The van der Waals surface area contributed by atoms with Gasteiger partial charge in [0.15, 0.2) is 6.10 Å². The molecule has 1 atom stereocenters. The summed E-state index contributed by atoms with van der Waals surface area (Å²) in [7, 11) is -8.85. The van der Waals surface area contributed by atoms with Crippen molar-refractivity contribution in [1.82, 2.24) is 0 Å². The van der Waals surface area contributed by atoms with Crippen LogP contribution in [0.5, 0.6) is 0 Å². The third-order valence-electron chi connectivity index (χ3n) is 8.89. The van der Waals surface area contributed by atoms with Gasteiger partial charge in [0.2, 0.25) is 0 Å². The third-order valence-corrected chi connectivity index (χ3v) is 14.1. The molecule has 3 aromatic rings. The van der Waals surface area contributed by atoms with Gasteiger partial charge in [-0.2, -0.15) is 17.2 Å². The van der Waals surface area contributed by atoms with Crippen molar-refractivity contribution < 1.29 is 30.4 Å². The van der Waals surface area contributed by atoms with Crippen molar-refractivity contribution in [3.05, 3.63) is 91.0 Å². The van der Waals surface area contributed by atoms with Crippen molar-refractivity contribution >= 4 is 26.9 Å². The Hall–Kier alpha value is -2.75. The first-order valence-electron chi connectivity index (χ1n) is 13.6. The summed E-state index contributed by atoms with van der Waals surface area (Å²) in [5.74, 6) is 0.725. The highest BCUT2D eigenvalue weighted by Crippen LogP contribution is 2.71. The second-order valence-corrected chi connectivity index (χ2v) is 16.0. The molecular formula is C31H32F2O5S2. The summed E-state index contributed by atoms with van der Waals surface area (Å²) in [5, 5.41) is -4.48. The Morgan fingerprint density at radius 1 is 0.725 bits per heavy atom. The van der Waals surface area contributed by atoms with Crippen LogP contribution in [-0.2, 0) is 23.3 Å². The highest BCUT2D eigenvalue weighted by molar-refractivity contribution is 8.33. The number of hydrogen-bond acceptors (Lipinski definition) is 5. The molecular weight excluding hydrogens is 554 g/mol. The average Bonchev–Trinajstić information content (AvgIpc) is 2.95. The van der Waals surface area contributed by atoms with Gasteiger partial charge in [-0.1, -0.05) is 54.6 Å². The monoisotopic (exact) mass is 586 g/mol. The minimum Gasteiger partial charge on any atom is -0.456 e. The lowest BCUT2D eigenvalue weighted by Crippen LogP contribution is -2.60. The number of benzene rings is 3. The van der Waals surface area contributed by atoms with Gasteiger partial charge in [0, 0.05) is 20.1 Å².